The molecule has 3 aromatic carbocycles. The smallest absolute Gasteiger partial charge is 0.294 e. The zero-order valence-corrected chi connectivity index (χ0v) is 23.6. The molecule has 0 atom stereocenters. The number of nitrogens with zero attached hydrogens (tertiary/aromatic N) is 5. The number of piperazine rings is 1. The Morgan fingerprint density at radius 2 is 1.63 bits per heavy atom. The van der Waals surface area contributed by atoms with Crippen molar-refractivity contribution in [2.45, 2.75) is 13.8 Å². The van der Waals surface area contributed by atoms with Crippen LogP contribution in [0, 0.1) is 13.8 Å². The summed E-state index contributed by atoms with van der Waals surface area (Å²) in [5, 5.41) is 10.5. The molecule has 0 radical (unpaired) electrons. The van der Waals surface area contributed by atoms with E-state index >= 15 is 0 Å². The van der Waals surface area contributed by atoms with Gasteiger partial charge < -0.3 is 14.8 Å². The maximum atomic E-state index is 13.7. The van der Waals surface area contributed by atoms with Gasteiger partial charge in [0, 0.05) is 37.4 Å². The summed E-state index contributed by atoms with van der Waals surface area (Å²) in [7, 11) is 0. The summed E-state index contributed by atoms with van der Waals surface area (Å²) < 4.78 is 1.80. The average molecular weight is 561 g/mol. The molecule has 0 aliphatic carbocycles. The highest BCUT2D eigenvalue weighted by atomic mass is 32.1. The predicted octanol–water partition coefficient (Wildman–Crippen LogP) is 5.55. The highest BCUT2D eigenvalue weighted by Gasteiger charge is 2.25. The van der Waals surface area contributed by atoms with Gasteiger partial charge in [-0.05, 0) is 71.8 Å². The van der Waals surface area contributed by atoms with Crippen LogP contribution in [0.25, 0.3) is 38.5 Å². The second-order valence-corrected chi connectivity index (χ2v) is 11.4. The van der Waals surface area contributed by atoms with E-state index in [4.69, 9.17) is 0 Å². The summed E-state index contributed by atoms with van der Waals surface area (Å²) in [5.74, 6) is 0.607. The first-order valence-corrected chi connectivity index (χ1v) is 14.5. The van der Waals surface area contributed by atoms with Crippen LogP contribution >= 0.6 is 11.3 Å². The lowest BCUT2D eigenvalue weighted by molar-refractivity contribution is 0.0746. The Hall–Kier alpha value is -4.76. The van der Waals surface area contributed by atoms with Crippen molar-refractivity contribution in [3.05, 3.63) is 105 Å². The van der Waals surface area contributed by atoms with Gasteiger partial charge in [-0.1, -0.05) is 42.5 Å². The van der Waals surface area contributed by atoms with Gasteiger partial charge in [-0.15, -0.1) is 21.5 Å². The molecule has 6 aromatic rings. The molecule has 1 saturated heterocycles. The van der Waals surface area contributed by atoms with Crippen molar-refractivity contribution in [3.63, 3.8) is 0 Å². The Bertz CT molecular complexity index is 1980. The molecule has 0 spiro atoms. The summed E-state index contributed by atoms with van der Waals surface area (Å²) in [4.78, 5) is 34.8. The summed E-state index contributed by atoms with van der Waals surface area (Å²) in [6.45, 7) is 6.69. The van der Waals surface area contributed by atoms with Crippen molar-refractivity contribution < 1.29 is 4.79 Å². The molecule has 1 aliphatic heterocycles. The first-order valence-electron chi connectivity index (χ1n) is 13.6. The van der Waals surface area contributed by atoms with Crippen molar-refractivity contribution in [1.29, 1.82) is 0 Å². The zero-order valence-electron chi connectivity index (χ0n) is 22.8. The average Bonchev–Trinajstić information content (AvgIpc) is 3.64. The molecule has 7 rings (SSSR count). The van der Waals surface area contributed by atoms with Crippen LogP contribution < -0.4 is 10.5 Å². The van der Waals surface area contributed by atoms with Crippen LogP contribution in [0.15, 0.2) is 83.0 Å². The van der Waals surface area contributed by atoms with Gasteiger partial charge in [0.05, 0.1) is 15.9 Å². The SMILES string of the molecule is Cc1cc2c(cc1C(=O)N1CCN(c3cccc(-c4ccccc4)c3)CC1)[nH]c(=O)c1nnc(-c3sccc3C)n12. The summed E-state index contributed by atoms with van der Waals surface area (Å²) >= 11 is 1.57. The number of hydrogen-bond donors (Lipinski definition) is 1. The van der Waals surface area contributed by atoms with Gasteiger partial charge in [0.25, 0.3) is 11.5 Å². The molecular weight excluding hydrogens is 532 g/mol. The van der Waals surface area contributed by atoms with E-state index in [0.29, 0.717) is 30.0 Å². The minimum Gasteiger partial charge on any atom is -0.368 e. The van der Waals surface area contributed by atoms with Crippen LogP contribution in [-0.2, 0) is 0 Å². The molecule has 8 nitrogen and oxygen atoms in total. The predicted molar refractivity (Wildman–Crippen MR) is 164 cm³/mol. The van der Waals surface area contributed by atoms with Gasteiger partial charge in [-0.2, -0.15) is 0 Å². The zero-order chi connectivity index (χ0) is 28.1. The van der Waals surface area contributed by atoms with Crippen molar-refractivity contribution in [2.24, 2.45) is 0 Å². The van der Waals surface area contributed by atoms with Crippen molar-refractivity contribution in [2.75, 3.05) is 31.1 Å². The van der Waals surface area contributed by atoms with E-state index < -0.39 is 0 Å². The summed E-state index contributed by atoms with van der Waals surface area (Å²) in [6, 6.07) is 24.7. The first kappa shape index (κ1) is 25.2. The Morgan fingerprint density at radius 1 is 0.854 bits per heavy atom. The molecule has 3 aromatic heterocycles. The Labute approximate surface area is 240 Å². The van der Waals surface area contributed by atoms with Gasteiger partial charge in [-0.3, -0.25) is 14.0 Å². The second kappa shape index (κ2) is 10.0. The largest absolute Gasteiger partial charge is 0.368 e. The van der Waals surface area contributed by atoms with Crippen LogP contribution in [0.2, 0.25) is 0 Å². The molecule has 0 unspecified atom stereocenters. The number of aromatic nitrogens is 4. The van der Waals surface area contributed by atoms with Gasteiger partial charge in [0.2, 0.25) is 5.65 Å². The number of aromatic amines is 1. The molecule has 204 valence electrons. The number of thiophene rings is 1. The van der Waals surface area contributed by atoms with Crippen LogP contribution in [0.5, 0.6) is 0 Å². The van der Waals surface area contributed by atoms with E-state index in [0.717, 1.165) is 40.3 Å². The molecule has 1 aliphatic rings. The Morgan fingerprint density at radius 3 is 2.39 bits per heavy atom. The molecule has 1 fully saturated rings. The molecule has 0 saturated carbocycles. The lowest BCUT2D eigenvalue weighted by atomic mass is 10.0. The number of aryl methyl sites for hydroxylation is 2. The van der Waals surface area contributed by atoms with Gasteiger partial charge in [0.1, 0.15) is 0 Å². The lowest BCUT2D eigenvalue weighted by Crippen LogP contribution is -2.49. The second-order valence-electron chi connectivity index (χ2n) is 10.4. The molecule has 1 amide bonds. The number of rotatable bonds is 4. The third-order valence-electron chi connectivity index (χ3n) is 7.88. The van der Waals surface area contributed by atoms with Crippen LogP contribution in [0.4, 0.5) is 5.69 Å². The molecule has 0 bridgehead atoms. The standard InChI is InChI=1S/C32H28N6O2S/c1-20-11-16-41-28(20)29-34-35-30-31(39)33-26-19-25(21(2)17-27(26)38(29)30)32(40)37-14-12-36(13-15-37)24-10-6-9-23(18-24)22-7-4-3-5-8-22/h3-11,16-19H,12-15H2,1-2H3,(H,33,39). The highest BCUT2D eigenvalue weighted by molar-refractivity contribution is 7.13. The topological polar surface area (TPSA) is 86.6 Å². The Balaban J connectivity index is 1.16. The van der Waals surface area contributed by atoms with Crippen LogP contribution in [0.3, 0.4) is 0 Å². The number of benzene rings is 3. The number of carbonyl (C=O) groups excluding carboxylic acids is 1. The number of anilines is 1. The number of fused-ring (bicyclic) bond motifs is 3. The monoisotopic (exact) mass is 560 g/mol. The first-order chi connectivity index (χ1) is 20.0. The number of carbonyl (C=O) groups is 1. The van der Waals surface area contributed by atoms with E-state index in [-0.39, 0.29) is 17.1 Å². The maximum Gasteiger partial charge on any atom is 0.294 e. The van der Waals surface area contributed by atoms with Crippen LogP contribution in [-0.4, -0.2) is 56.6 Å². The minimum atomic E-state index is -0.334. The molecule has 1 N–H and O–H groups in total. The maximum absolute atomic E-state index is 13.7. The van der Waals surface area contributed by atoms with Gasteiger partial charge in [0.15, 0.2) is 5.82 Å². The van der Waals surface area contributed by atoms with Crippen molar-refractivity contribution >= 4 is 39.6 Å². The normalized spacial score (nSPS) is 13.8. The van der Waals surface area contributed by atoms with Crippen LogP contribution in [0.1, 0.15) is 21.5 Å². The molecular formula is C32H28N6O2S. The number of nitrogens with one attached hydrogen (secondary N) is 1. The fourth-order valence-corrected chi connectivity index (χ4v) is 6.55. The quantitative estimate of drug-likeness (QED) is 0.306. The van der Waals surface area contributed by atoms with E-state index in [1.54, 1.807) is 21.8 Å². The van der Waals surface area contributed by atoms with E-state index in [1.807, 2.05) is 42.3 Å². The third kappa shape index (κ3) is 4.38. The van der Waals surface area contributed by atoms with Crippen molar-refractivity contribution in [3.8, 4) is 21.8 Å². The van der Waals surface area contributed by atoms with E-state index in [1.165, 1.54) is 11.1 Å². The fourth-order valence-electron chi connectivity index (χ4n) is 5.65. The van der Waals surface area contributed by atoms with E-state index in [2.05, 4.69) is 68.6 Å². The fraction of sp³-hybridized carbons (Fsp3) is 0.188. The number of H-pyrrole nitrogens is 1. The van der Waals surface area contributed by atoms with Gasteiger partial charge >= 0.3 is 0 Å². The van der Waals surface area contributed by atoms with Gasteiger partial charge in [-0.25, -0.2) is 0 Å². The highest BCUT2D eigenvalue weighted by Crippen LogP contribution is 2.30. The van der Waals surface area contributed by atoms with Crippen molar-refractivity contribution in [1.82, 2.24) is 24.5 Å². The summed E-state index contributed by atoms with van der Waals surface area (Å²) in [5.41, 5.74) is 7.31. The summed E-state index contributed by atoms with van der Waals surface area (Å²) in [6.07, 6.45) is 0. The molecule has 9 heteroatoms. The molecule has 4 heterocycles. The third-order valence-corrected chi connectivity index (χ3v) is 8.89. The number of hydrogen-bond acceptors (Lipinski definition) is 6. The minimum absolute atomic E-state index is 0.0267. The Kier molecular flexibility index (Phi) is 6.16. The number of amides is 1. The molecule has 41 heavy (non-hydrogen) atoms. The van der Waals surface area contributed by atoms with E-state index in [9.17, 15) is 9.59 Å². The lowest BCUT2D eigenvalue weighted by Gasteiger charge is -2.36.